The number of amides is 1. The molecule has 11 nitrogen and oxygen atoms in total. The van der Waals surface area contributed by atoms with Crippen LogP contribution in [0.5, 0.6) is 17.4 Å². The lowest BCUT2D eigenvalue weighted by molar-refractivity contribution is -0.139. The number of anilines is 3. The Hall–Kier alpha value is -4.18. The Bertz CT molecular complexity index is 1630. The van der Waals surface area contributed by atoms with Crippen LogP contribution in [0, 0.1) is 5.82 Å². The Balaban J connectivity index is 1.42. The molecule has 0 atom stereocenters. The number of piperidine rings is 1. The molecule has 3 heterocycles. The van der Waals surface area contributed by atoms with Crippen molar-refractivity contribution in [3.05, 3.63) is 59.0 Å². The predicted molar refractivity (Wildman–Crippen MR) is 144 cm³/mol. The van der Waals surface area contributed by atoms with Crippen molar-refractivity contribution >= 4 is 33.3 Å². The second kappa shape index (κ2) is 11.2. The van der Waals surface area contributed by atoms with E-state index in [4.69, 9.17) is 9.47 Å². The average molecular weight is 611 g/mol. The van der Waals surface area contributed by atoms with Gasteiger partial charge in [-0.2, -0.15) is 18.2 Å². The zero-order valence-electron chi connectivity index (χ0n) is 22.4. The first kappa shape index (κ1) is 29.3. The molecule has 0 radical (unpaired) electrons. The van der Waals surface area contributed by atoms with Gasteiger partial charge in [0.15, 0.2) is 0 Å². The fraction of sp³-hybridized carbons (Fsp3) is 0.346. The number of sulfonamides is 1. The molecule has 0 unspecified atom stereocenters. The number of rotatable bonds is 7. The van der Waals surface area contributed by atoms with Crippen LogP contribution in [0.2, 0.25) is 0 Å². The molecule has 16 heteroatoms. The van der Waals surface area contributed by atoms with Crippen LogP contribution in [0.1, 0.15) is 34.3 Å². The molecule has 1 saturated heterocycles. The van der Waals surface area contributed by atoms with Crippen molar-refractivity contribution in [1.29, 1.82) is 0 Å². The molecule has 0 aliphatic carbocycles. The molecule has 1 amide bonds. The molecule has 3 N–H and O–H groups in total. The quantitative estimate of drug-likeness (QED) is 0.336. The van der Waals surface area contributed by atoms with Gasteiger partial charge in [-0.25, -0.2) is 17.8 Å². The highest BCUT2D eigenvalue weighted by atomic mass is 32.2. The molecule has 224 valence electrons. The zero-order chi connectivity index (χ0) is 30.2. The number of nitrogens with one attached hydrogen (secondary N) is 3. The number of nitrogens with zero attached hydrogens (tertiary/aromatic N) is 3. The third-order valence-corrected chi connectivity index (χ3v) is 8.03. The van der Waals surface area contributed by atoms with E-state index in [0.29, 0.717) is 19.0 Å². The number of fused-ring (bicyclic) bond motifs is 1. The molecule has 2 aliphatic heterocycles. The molecule has 42 heavy (non-hydrogen) atoms. The molecule has 0 spiro atoms. The second-order valence-corrected chi connectivity index (χ2v) is 11.6. The van der Waals surface area contributed by atoms with Crippen molar-refractivity contribution in [3.8, 4) is 17.4 Å². The summed E-state index contributed by atoms with van der Waals surface area (Å²) in [6, 6.07) is 6.17. The van der Waals surface area contributed by atoms with E-state index in [-0.39, 0.29) is 40.0 Å². The summed E-state index contributed by atoms with van der Waals surface area (Å²) in [6.45, 7) is 1.59. The van der Waals surface area contributed by atoms with E-state index in [1.807, 2.05) is 7.05 Å². The lowest BCUT2D eigenvalue weighted by Gasteiger charge is -2.29. The van der Waals surface area contributed by atoms with Crippen molar-refractivity contribution in [1.82, 2.24) is 20.2 Å². The maximum absolute atomic E-state index is 15.1. The minimum Gasteiger partial charge on any atom is -0.495 e. The first-order valence-corrected chi connectivity index (χ1v) is 14.4. The monoisotopic (exact) mass is 610 g/mol. The van der Waals surface area contributed by atoms with Gasteiger partial charge in [-0.05, 0) is 51.2 Å². The summed E-state index contributed by atoms with van der Waals surface area (Å²) in [7, 11) is -0.468. The van der Waals surface area contributed by atoms with Crippen LogP contribution in [0.4, 0.5) is 34.9 Å². The Morgan fingerprint density at radius 2 is 1.90 bits per heavy atom. The third-order valence-electron chi connectivity index (χ3n) is 6.83. The van der Waals surface area contributed by atoms with Crippen LogP contribution in [0.25, 0.3) is 0 Å². The van der Waals surface area contributed by atoms with Crippen molar-refractivity contribution < 1.29 is 40.2 Å². The Morgan fingerprint density at radius 1 is 1.17 bits per heavy atom. The van der Waals surface area contributed by atoms with E-state index in [1.54, 1.807) is 0 Å². The zero-order valence-corrected chi connectivity index (χ0v) is 23.2. The number of benzene rings is 2. The molecule has 2 aliphatic rings. The maximum Gasteiger partial charge on any atom is 0.423 e. The largest absolute Gasteiger partial charge is 0.495 e. The van der Waals surface area contributed by atoms with Gasteiger partial charge in [0.2, 0.25) is 21.9 Å². The molecule has 3 aromatic rings. The third kappa shape index (κ3) is 6.33. The summed E-state index contributed by atoms with van der Waals surface area (Å²) >= 11 is 0. The number of carbonyl (C=O) groups excluding carboxylic acids is 1. The van der Waals surface area contributed by atoms with Crippen LogP contribution in [0.3, 0.4) is 0 Å². The fourth-order valence-corrected chi connectivity index (χ4v) is 5.91. The molecule has 5 rings (SSSR count). The number of ether oxygens (including phenoxy) is 2. The molecule has 0 saturated carbocycles. The summed E-state index contributed by atoms with van der Waals surface area (Å²) in [4.78, 5) is 22.5. The van der Waals surface area contributed by atoms with E-state index in [9.17, 15) is 26.4 Å². The predicted octanol–water partition coefficient (Wildman–Crippen LogP) is 4.26. The Labute approximate surface area is 238 Å². The van der Waals surface area contributed by atoms with Crippen LogP contribution < -0.4 is 24.8 Å². The summed E-state index contributed by atoms with van der Waals surface area (Å²) in [6.07, 6.45) is -3.00. The summed E-state index contributed by atoms with van der Waals surface area (Å²) in [5.41, 5.74) is -1.34. The van der Waals surface area contributed by atoms with Gasteiger partial charge in [-0.1, -0.05) is 6.07 Å². The van der Waals surface area contributed by atoms with Gasteiger partial charge in [0.1, 0.15) is 22.9 Å². The average Bonchev–Trinajstić information content (AvgIpc) is 3.24. The van der Waals surface area contributed by atoms with Crippen LogP contribution in [-0.4, -0.2) is 62.5 Å². The highest BCUT2D eigenvalue weighted by molar-refractivity contribution is 7.92. The van der Waals surface area contributed by atoms with E-state index < -0.39 is 51.1 Å². The van der Waals surface area contributed by atoms with Crippen molar-refractivity contribution in [2.75, 3.05) is 37.3 Å². The van der Waals surface area contributed by atoms with Gasteiger partial charge in [-0.3, -0.25) is 9.52 Å². The summed E-state index contributed by atoms with van der Waals surface area (Å²) < 4.78 is 93.5. The molecule has 0 bridgehead atoms. The number of alkyl halides is 3. The van der Waals surface area contributed by atoms with Gasteiger partial charge in [-0.15, -0.1) is 0 Å². The molecule has 1 fully saturated rings. The number of aromatic nitrogens is 2. The number of halogens is 4. The Kier molecular flexibility index (Phi) is 7.85. The normalized spacial score (nSPS) is 16.8. The number of hydrogen-bond donors (Lipinski definition) is 3. The van der Waals surface area contributed by atoms with Crippen molar-refractivity contribution in [2.45, 2.75) is 30.8 Å². The first-order valence-electron chi connectivity index (χ1n) is 12.7. The van der Waals surface area contributed by atoms with Crippen LogP contribution in [0.15, 0.2) is 36.5 Å². The van der Waals surface area contributed by atoms with E-state index >= 15 is 4.39 Å². The smallest absolute Gasteiger partial charge is 0.423 e. The lowest BCUT2D eigenvalue weighted by Crippen LogP contribution is -2.43. The Morgan fingerprint density at radius 3 is 2.60 bits per heavy atom. The van der Waals surface area contributed by atoms with E-state index in [1.165, 1.54) is 31.4 Å². The molecule has 1 aromatic heterocycles. The molecular formula is C26H26F4N6O5S. The van der Waals surface area contributed by atoms with Gasteiger partial charge in [0.25, 0.3) is 5.91 Å². The molecular weight excluding hydrogens is 584 g/mol. The highest BCUT2D eigenvalue weighted by Crippen LogP contribution is 2.41. The number of methoxy groups -OCH3 is 1. The minimum absolute atomic E-state index is 0.00746. The first-order chi connectivity index (χ1) is 19.8. The highest BCUT2D eigenvalue weighted by Gasteiger charge is 2.37. The maximum atomic E-state index is 15.1. The van der Waals surface area contributed by atoms with Crippen molar-refractivity contribution in [3.63, 3.8) is 0 Å². The van der Waals surface area contributed by atoms with E-state index in [2.05, 4.69) is 30.2 Å². The molecule has 2 aromatic carbocycles. The standard InChI is InChI=1S/C26H26F4N6O5S/c1-36-8-6-14(7-9-36)32-23(37)15-10-22(40-2)20(11-18(15)27)33-25-31-12-17(26(28,29)30)24(34-25)41-21-5-3-4-19-16(21)13-42(38,39)35-19/h3-5,10-12,14,35H,6-9,13H2,1-2H3,(H,32,37)(H,31,33,34). The van der Waals surface area contributed by atoms with E-state index in [0.717, 1.165) is 19.2 Å². The van der Waals surface area contributed by atoms with Crippen molar-refractivity contribution in [2.24, 2.45) is 0 Å². The van der Waals surface area contributed by atoms with Gasteiger partial charge < -0.3 is 25.0 Å². The van der Waals surface area contributed by atoms with Gasteiger partial charge in [0, 0.05) is 23.9 Å². The number of likely N-dealkylation sites (tertiary alicyclic amines) is 1. The summed E-state index contributed by atoms with van der Waals surface area (Å²) in [5.74, 6) is -3.48. The minimum atomic E-state index is -4.91. The fourth-order valence-electron chi connectivity index (χ4n) is 4.63. The summed E-state index contributed by atoms with van der Waals surface area (Å²) in [5, 5.41) is 5.43. The van der Waals surface area contributed by atoms with Gasteiger partial charge >= 0.3 is 6.18 Å². The number of carbonyl (C=O) groups is 1. The van der Waals surface area contributed by atoms with Crippen LogP contribution in [-0.2, 0) is 22.0 Å². The second-order valence-electron chi connectivity index (χ2n) is 9.86. The SMILES string of the molecule is COc1cc(C(=O)NC2CCN(C)CC2)c(F)cc1Nc1ncc(C(F)(F)F)c(Oc2cccc3c2CS(=O)(=O)N3)n1. The number of hydrogen-bond acceptors (Lipinski definition) is 9. The van der Waals surface area contributed by atoms with Crippen LogP contribution >= 0.6 is 0 Å². The van der Waals surface area contributed by atoms with Gasteiger partial charge in [0.05, 0.1) is 29.8 Å². The topological polar surface area (TPSA) is 135 Å². The lowest BCUT2D eigenvalue weighted by atomic mass is 10.0.